The number of nitrogens with one attached hydrogen (secondary N) is 2. The van der Waals surface area contributed by atoms with Crippen molar-refractivity contribution in [3.05, 3.63) is 79.1 Å². The highest BCUT2D eigenvalue weighted by Gasteiger charge is 2.20. The number of hydrogen-bond donors (Lipinski definition) is 2. The average Bonchev–Trinajstić information content (AvgIpc) is 3.30. The molecule has 4 aromatic rings. The summed E-state index contributed by atoms with van der Waals surface area (Å²) in [4.78, 5) is 25.0. The second-order valence-corrected chi connectivity index (χ2v) is 8.03. The first kappa shape index (κ1) is 21.0. The summed E-state index contributed by atoms with van der Waals surface area (Å²) in [5, 5.41) is 9.56. The minimum absolute atomic E-state index is 0.109. The highest BCUT2D eigenvalue weighted by molar-refractivity contribution is 6.00. The van der Waals surface area contributed by atoms with E-state index in [0.717, 1.165) is 5.56 Å². The van der Waals surface area contributed by atoms with Crippen LogP contribution in [0.25, 0.3) is 5.82 Å². The van der Waals surface area contributed by atoms with Gasteiger partial charge in [-0.25, -0.2) is 24.4 Å². The summed E-state index contributed by atoms with van der Waals surface area (Å²) in [5.74, 6) is 1.59. The van der Waals surface area contributed by atoms with Crippen LogP contribution in [0.15, 0.2) is 73.6 Å². The molecule has 2 N–H and O–H groups in total. The molecule has 0 unspecified atom stereocenters. The van der Waals surface area contributed by atoms with Gasteiger partial charge in [-0.1, -0.05) is 39.0 Å². The molecule has 0 bridgehead atoms. The van der Waals surface area contributed by atoms with Gasteiger partial charge in [0.2, 0.25) is 5.88 Å². The fourth-order valence-corrected chi connectivity index (χ4v) is 3.05. The SMILES string of the molecule is CC(C)(C)c1ccccc1Oc1ncccc1NC(=O)Nc1ccc(-n2cncn2)nc1. The van der Waals surface area contributed by atoms with Gasteiger partial charge in [-0.05, 0) is 35.7 Å². The van der Waals surface area contributed by atoms with E-state index in [4.69, 9.17) is 4.74 Å². The number of carbonyl (C=O) groups is 1. The Hall–Kier alpha value is -4.27. The number of hydrogen-bond acceptors (Lipinski definition) is 6. The Bertz CT molecular complexity index is 1200. The molecule has 0 radical (unpaired) electrons. The van der Waals surface area contributed by atoms with Crippen molar-refractivity contribution in [2.24, 2.45) is 0 Å². The third-order valence-electron chi connectivity index (χ3n) is 4.58. The number of nitrogens with zero attached hydrogens (tertiary/aromatic N) is 5. The molecule has 0 saturated carbocycles. The number of urea groups is 1. The van der Waals surface area contributed by atoms with E-state index in [1.54, 1.807) is 36.8 Å². The summed E-state index contributed by atoms with van der Waals surface area (Å²) in [5.41, 5.74) is 1.90. The maximum Gasteiger partial charge on any atom is 0.323 e. The Labute approximate surface area is 185 Å². The van der Waals surface area contributed by atoms with Crippen LogP contribution in [0.4, 0.5) is 16.2 Å². The first-order chi connectivity index (χ1) is 15.4. The summed E-state index contributed by atoms with van der Waals surface area (Å²) in [6.07, 6.45) is 6.13. The van der Waals surface area contributed by atoms with E-state index < -0.39 is 6.03 Å². The highest BCUT2D eigenvalue weighted by atomic mass is 16.5. The summed E-state index contributed by atoms with van der Waals surface area (Å²) < 4.78 is 7.62. The Balaban J connectivity index is 1.47. The Morgan fingerprint density at radius 2 is 1.84 bits per heavy atom. The normalized spacial score (nSPS) is 11.1. The smallest absolute Gasteiger partial charge is 0.323 e. The largest absolute Gasteiger partial charge is 0.437 e. The zero-order valence-electron chi connectivity index (χ0n) is 18.0. The molecule has 3 heterocycles. The average molecular weight is 429 g/mol. The lowest BCUT2D eigenvalue weighted by Crippen LogP contribution is -2.20. The summed E-state index contributed by atoms with van der Waals surface area (Å²) in [6, 6.07) is 14.3. The number of benzene rings is 1. The number of amides is 2. The monoisotopic (exact) mass is 429 g/mol. The molecule has 32 heavy (non-hydrogen) atoms. The van der Waals surface area contributed by atoms with Crippen LogP contribution in [0, 0.1) is 0 Å². The van der Waals surface area contributed by atoms with Crippen molar-refractivity contribution in [1.82, 2.24) is 24.7 Å². The van der Waals surface area contributed by atoms with Crippen LogP contribution in [0.1, 0.15) is 26.3 Å². The molecule has 2 amide bonds. The van der Waals surface area contributed by atoms with Gasteiger partial charge in [-0.2, -0.15) is 5.10 Å². The van der Waals surface area contributed by atoms with Gasteiger partial charge in [0.25, 0.3) is 0 Å². The number of rotatable bonds is 5. The molecule has 9 nitrogen and oxygen atoms in total. The molecular formula is C23H23N7O2. The third-order valence-corrected chi connectivity index (χ3v) is 4.58. The Morgan fingerprint density at radius 3 is 2.56 bits per heavy atom. The molecule has 0 spiro atoms. The van der Waals surface area contributed by atoms with Crippen molar-refractivity contribution in [3.8, 4) is 17.4 Å². The first-order valence-corrected chi connectivity index (χ1v) is 10.0. The zero-order chi connectivity index (χ0) is 22.6. The van der Waals surface area contributed by atoms with Crippen LogP contribution in [0.5, 0.6) is 11.6 Å². The molecule has 1 aromatic carbocycles. The lowest BCUT2D eigenvalue weighted by molar-refractivity contribution is 0.262. The Kier molecular flexibility index (Phi) is 5.80. The van der Waals surface area contributed by atoms with E-state index in [2.05, 4.69) is 51.5 Å². The van der Waals surface area contributed by atoms with Crippen molar-refractivity contribution < 1.29 is 9.53 Å². The second-order valence-electron chi connectivity index (χ2n) is 8.03. The van der Waals surface area contributed by atoms with E-state index in [-0.39, 0.29) is 5.41 Å². The molecule has 0 fully saturated rings. The van der Waals surface area contributed by atoms with Gasteiger partial charge in [0.1, 0.15) is 24.1 Å². The van der Waals surface area contributed by atoms with Gasteiger partial charge < -0.3 is 15.4 Å². The van der Waals surface area contributed by atoms with E-state index >= 15 is 0 Å². The molecule has 3 aromatic heterocycles. The zero-order valence-corrected chi connectivity index (χ0v) is 18.0. The number of anilines is 2. The van der Waals surface area contributed by atoms with E-state index in [9.17, 15) is 4.79 Å². The van der Waals surface area contributed by atoms with Crippen LogP contribution in [0.3, 0.4) is 0 Å². The van der Waals surface area contributed by atoms with Crippen molar-refractivity contribution in [2.45, 2.75) is 26.2 Å². The number of aromatic nitrogens is 5. The topological polar surface area (TPSA) is 107 Å². The van der Waals surface area contributed by atoms with E-state index in [1.165, 1.54) is 17.2 Å². The molecule has 0 saturated heterocycles. The molecule has 9 heteroatoms. The molecule has 0 atom stereocenters. The molecule has 162 valence electrons. The van der Waals surface area contributed by atoms with Gasteiger partial charge in [0.15, 0.2) is 5.82 Å². The van der Waals surface area contributed by atoms with Gasteiger partial charge in [0.05, 0.1) is 11.9 Å². The van der Waals surface area contributed by atoms with Crippen molar-refractivity contribution in [3.63, 3.8) is 0 Å². The van der Waals surface area contributed by atoms with Crippen molar-refractivity contribution >= 4 is 17.4 Å². The Morgan fingerprint density at radius 1 is 1.00 bits per heavy atom. The number of para-hydroxylation sites is 1. The predicted octanol–water partition coefficient (Wildman–Crippen LogP) is 4.79. The summed E-state index contributed by atoms with van der Waals surface area (Å²) in [7, 11) is 0. The lowest BCUT2D eigenvalue weighted by Gasteiger charge is -2.22. The van der Waals surface area contributed by atoms with Crippen molar-refractivity contribution in [1.29, 1.82) is 0 Å². The number of ether oxygens (including phenoxy) is 1. The van der Waals surface area contributed by atoms with Crippen LogP contribution in [-0.4, -0.2) is 30.8 Å². The molecule has 0 aliphatic rings. The van der Waals surface area contributed by atoms with Crippen molar-refractivity contribution in [2.75, 3.05) is 10.6 Å². The molecule has 0 aliphatic heterocycles. The van der Waals surface area contributed by atoms with Gasteiger partial charge >= 0.3 is 6.03 Å². The van der Waals surface area contributed by atoms with Crippen LogP contribution < -0.4 is 15.4 Å². The fraction of sp³-hybridized carbons (Fsp3) is 0.174. The maximum atomic E-state index is 12.6. The van der Waals surface area contributed by atoms with Crippen LogP contribution in [-0.2, 0) is 5.41 Å². The molecule has 0 aliphatic carbocycles. The van der Waals surface area contributed by atoms with Gasteiger partial charge in [0, 0.05) is 11.8 Å². The van der Waals surface area contributed by atoms with Crippen LogP contribution >= 0.6 is 0 Å². The lowest BCUT2D eigenvalue weighted by atomic mass is 9.86. The number of carbonyl (C=O) groups excluding carboxylic acids is 1. The first-order valence-electron chi connectivity index (χ1n) is 10.0. The van der Waals surface area contributed by atoms with E-state index in [1.807, 2.05) is 24.3 Å². The third kappa shape index (κ3) is 4.89. The summed E-state index contributed by atoms with van der Waals surface area (Å²) >= 11 is 0. The minimum Gasteiger partial charge on any atom is -0.437 e. The number of pyridine rings is 2. The predicted molar refractivity (Wildman–Crippen MR) is 121 cm³/mol. The quantitative estimate of drug-likeness (QED) is 0.472. The molecular weight excluding hydrogens is 406 g/mol. The van der Waals surface area contributed by atoms with Gasteiger partial charge in [-0.15, -0.1) is 0 Å². The van der Waals surface area contributed by atoms with Crippen LogP contribution in [0.2, 0.25) is 0 Å². The maximum absolute atomic E-state index is 12.6. The molecule has 4 rings (SSSR count). The van der Waals surface area contributed by atoms with E-state index in [0.29, 0.717) is 28.8 Å². The second kappa shape index (κ2) is 8.84. The standard InChI is InChI=1S/C23H23N7O2/c1-23(2,3)17-7-4-5-9-19(17)32-21-18(8-6-12-25-21)29-22(31)28-16-10-11-20(26-13-16)30-15-24-14-27-30/h4-15H,1-3H3,(H2,28,29,31). The van der Waals surface area contributed by atoms with Gasteiger partial charge in [-0.3, -0.25) is 0 Å². The summed E-state index contributed by atoms with van der Waals surface area (Å²) in [6.45, 7) is 6.34. The highest BCUT2D eigenvalue weighted by Crippen LogP contribution is 2.35. The minimum atomic E-state index is -0.442. The fourth-order valence-electron chi connectivity index (χ4n) is 3.05.